The molecule has 4 aromatic rings. The monoisotopic (exact) mass is 609 g/mol. The van der Waals surface area contributed by atoms with Gasteiger partial charge in [-0.3, -0.25) is 0 Å². The van der Waals surface area contributed by atoms with Crippen LogP contribution in [-0.4, -0.2) is 18.0 Å². The van der Waals surface area contributed by atoms with E-state index in [1.54, 1.807) is 0 Å². The molecule has 4 aromatic carbocycles. The van der Waals surface area contributed by atoms with Gasteiger partial charge in [0.15, 0.2) is 5.79 Å². The van der Waals surface area contributed by atoms with Crippen molar-refractivity contribution in [2.24, 2.45) is 0 Å². The van der Waals surface area contributed by atoms with Crippen molar-refractivity contribution in [3.05, 3.63) is 143 Å². The second kappa shape index (κ2) is 10.6. The van der Waals surface area contributed by atoms with Crippen LogP contribution in [0.25, 0.3) is 0 Å². The van der Waals surface area contributed by atoms with E-state index < -0.39 is 60.7 Å². The van der Waals surface area contributed by atoms with Crippen LogP contribution in [0.3, 0.4) is 0 Å². The quantitative estimate of drug-likeness (QED) is 0.173. The Balaban J connectivity index is 1.61. The Labute approximate surface area is 246 Å². The molecule has 2 atom stereocenters. The molecule has 2 saturated heterocycles. The molecule has 10 heteroatoms. The zero-order valence-corrected chi connectivity index (χ0v) is 23.6. The zero-order valence-electron chi connectivity index (χ0n) is 22.7. The average molecular weight is 610 g/mol. The summed E-state index contributed by atoms with van der Waals surface area (Å²) in [5.41, 5.74) is -5.31. The summed E-state index contributed by atoms with van der Waals surface area (Å²) in [6, 6.07) is 22.1. The normalized spacial score (nSPS) is 23.7. The molecule has 0 N–H and O–H groups in total. The second-order valence-corrected chi connectivity index (χ2v) is 11.8. The number of rotatable bonds is 4. The summed E-state index contributed by atoms with van der Waals surface area (Å²) in [4.78, 5) is 0. The van der Waals surface area contributed by atoms with Crippen LogP contribution in [0.4, 0.5) is 17.6 Å². The molecule has 0 bridgehead atoms. The van der Waals surface area contributed by atoms with Gasteiger partial charge in [-0.2, -0.15) is 0 Å². The zero-order chi connectivity index (χ0) is 29.8. The standard InChI is InChI=1S/C33H26F4O5P/c34-25-15-5-1-11-21(25)32(22-12-2-6-16-26(22)35)29-30(40-31(39-29)19-9-10-20-31)33(42-43(38)41-32,23-13-3-7-17-27(23)36)24-14-4-8-18-28(24)37/h1-8,11-18,29-30H,9-10,19-20H2/q+1/t29-,30-/m1/s1. The van der Waals surface area contributed by atoms with E-state index in [0.29, 0.717) is 25.7 Å². The fraction of sp³-hybridized carbons (Fsp3) is 0.273. The van der Waals surface area contributed by atoms with E-state index >= 15 is 17.6 Å². The highest BCUT2D eigenvalue weighted by molar-refractivity contribution is 7.33. The van der Waals surface area contributed by atoms with Crippen molar-refractivity contribution in [2.75, 3.05) is 0 Å². The van der Waals surface area contributed by atoms with Gasteiger partial charge >= 0.3 is 8.25 Å². The van der Waals surface area contributed by atoms with Crippen molar-refractivity contribution in [2.45, 2.75) is 54.9 Å². The van der Waals surface area contributed by atoms with Crippen molar-refractivity contribution < 1.29 is 40.6 Å². The number of fused-ring (bicyclic) bond motifs is 1. The fourth-order valence-corrected chi connectivity index (χ4v) is 7.97. The summed E-state index contributed by atoms with van der Waals surface area (Å²) >= 11 is 0. The van der Waals surface area contributed by atoms with E-state index in [-0.39, 0.29) is 22.3 Å². The predicted molar refractivity (Wildman–Crippen MR) is 148 cm³/mol. The lowest BCUT2D eigenvalue weighted by molar-refractivity contribution is -0.194. The third kappa shape index (κ3) is 4.29. The van der Waals surface area contributed by atoms with Gasteiger partial charge in [-0.15, -0.1) is 0 Å². The minimum absolute atomic E-state index is 0.196. The molecule has 1 saturated carbocycles. The van der Waals surface area contributed by atoms with Crippen LogP contribution >= 0.6 is 8.25 Å². The summed E-state index contributed by atoms with van der Waals surface area (Å²) in [7, 11) is -3.36. The molecule has 7 rings (SSSR count). The lowest BCUT2D eigenvalue weighted by Gasteiger charge is -2.38. The Kier molecular flexibility index (Phi) is 6.99. The first-order valence-corrected chi connectivity index (χ1v) is 15.1. The van der Waals surface area contributed by atoms with Gasteiger partial charge < -0.3 is 9.47 Å². The predicted octanol–water partition coefficient (Wildman–Crippen LogP) is 8.19. The van der Waals surface area contributed by atoms with E-state index in [1.807, 2.05) is 0 Å². The number of benzene rings is 4. The van der Waals surface area contributed by atoms with Gasteiger partial charge in [-0.25, -0.2) is 17.6 Å². The van der Waals surface area contributed by atoms with Crippen LogP contribution in [-0.2, 0) is 34.3 Å². The van der Waals surface area contributed by atoms with E-state index in [4.69, 9.17) is 18.5 Å². The fourth-order valence-electron chi connectivity index (χ4n) is 6.86. The average Bonchev–Trinajstić information content (AvgIpc) is 3.61. The maximum Gasteiger partial charge on any atom is 0.700 e. The van der Waals surface area contributed by atoms with Gasteiger partial charge in [-0.05, 0) is 37.1 Å². The van der Waals surface area contributed by atoms with Crippen molar-refractivity contribution in [1.29, 1.82) is 0 Å². The van der Waals surface area contributed by atoms with E-state index in [9.17, 15) is 4.57 Å². The first-order chi connectivity index (χ1) is 20.8. The van der Waals surface area contributed by atoms with Gasteiger partial charge in [0.05, 0.1) is 0 Å². The van der Waals surface area contributed by atoms with Gasteiger partial charge in [0, 0.05) is 39.7 Å². The number of halogens is 4. The Morgan fingerprint density at radius 2 is 0.837 bits per heavy atom. The maximum absolute atomic E-state index is 15.9. The van der Waals surface area contributed by atoms with Crippen LogP contribution < -0.4 is 0 Å². The molecule has 0 unspecified atom stereocenters. The molecule has 3 fully saturated rings. The molecule has 43 heavy (non-hydrogen) atoms. The molecular formula is C33H26F4O5P+. The maximum atomic E-state index is 15.9. The highest BCUT2D eigenvalue weighted by atomic mass is 31.1. The molecule has 0 aromatic heterocycles. The highest BCUT2D eigenvalue weighted by Crippen LogP contribution is 2.63. The molecule has 220 valence electrons. The Bertz CT molecular complexity index is 1500. The van der Waals surface area contributed by atoms with Crippen molar-refractivity contribution in [3.63, 3.8) is 0 Å². The van der Waals surface area contributed by atoms with Crippen molar-refractivity contribution in [3.8, 4) is 0 Å². The number of hydrogen-bond donors (Lipinski definition) is 0. The Morgan fingerprint density at radius 1 is 0.535 bits per heavy atom. The molecule has 1 aliphatic carbocycles. The third-order valence-electron chi connectivity index (χ3n) is 8.66. The smallest absolute Gasteiger partial charge is 0.340 e. The van der Waals surface area contributed by atoms with Crippen LogP contribution in [0.2, 0.25) is 0 Å². The second-order valence-electron chi connectivity index (χ2n) is 11.0. The minimum Gasteiger partial charge on any atom is -0.340 e. The molecule has 2 aliphatic heterocycles. The summed E-state index contributed by atoms with van der Waals surface area (Å²) < 4.78 is 104. The Morgan fingerprint density at radius 3 is 1.14 bits per heavy atom. The molecule has 0 amide bonds. The molecule has 2 heterocycles. The molecular weight excluding hydrogens is 583 g/mol. The minimum atomic E-state index is -3.36. The molecule has 1 spiro atoms. The van der Waals surface area contributed by atoms with Gasteiger partial charge in [-0.1, -0.05) is 81.8 Å². The Hall–Kier alpha value is -3.46. The van der Waals surface area contributed by atoms with Crippen LogP contribution in [0, 0.1) is 23.3 Å². The van der Waals surface area contributed by atoms with Gasteiger partial charge in [0.25, 0.3) is 0 Å². The first-order valence-electron chi connectivity index (χ1n) is 14.0. The summed E-state index contributed by atoms with van der Waals surface area (Å²) in [5, 5.41) is 0. The molecule has 5 nitrogen and oxygen atoms in total. The van der Waals surface area contributed by atoms with Crippen LogP contribution in [0.1, 0.15) is 47.9 Å². The number of ether oxygens (including phenoxy) is 2. The topological polar surface area (TPSA) is 54.0 Å². The molecule has 0 radical (unpaired) electrons. The van der Waals surface area contributed by atoms with Crippen molar-refractivity contribution in [1.82, 2.24) is 0 Å². The summed E-state index contributed by atoms with van der Waals surface area (Å²) in [6.45, 7) is 0. The van der Waals surface area contributed by atoms with E-state index in [1.165, 1.54) is 72.8 Å². The lowest BCUT2D eigenvalue weighted by Crippen LogP contribution is -2.54. The summed E-state index contributed by atoms with van der Waals surface area (Å²) in [6.07, 6.45) is -0.759. The largest absolute Gasteiger partial charge is 0.700 e. The summed E-state index contributed by atoms with van der Waals surface area (Å²) in [5.74, 6) is -4.48. The molecule has 3 aliphatic rings. The van der Waals surface area contributed by atoms with Crippen LogP contribution in [0.5, 0.6) is 0 Å². The van der Waals surface area contributed by atoms with Crippen molar-refractivity contribution >= 4 is 8.25 Å². The van der Waals surface area contributed by atoms with Gasteiger partial charge in [0.1, 0.15) is 35.5 Å². The third-order valence-corrected chi connectivity index (χ3v) is 9.53. The van der Waals surface area contributed by atoms with Crippen LogP contribution in [0.15, 0.2) is 97.1 Å². The van der Waals surface area contributed by atoms with E-state index in [0.717, 1.165) is 24.3 Å². The first kappa shape index (κ1) is 28.3. The number of hydrogen-bond acceptors (Lipinski definition) is 5. The lowest BCUT2D eigenvalue weighted by atomic mass is 9.71. The SMILES string of the molecule is O=[P+]1OC(c2ccccc2F)(c2ccccc2F)[C@@H]2OC3(CCCC3)O[C@H]2C(c2ccccc2F)(c2ccccc2F)O1. The van der Waals surface area contributed by atoms with Gasteiger partial charge in [0.2, 0.25) is 11.2 Å². The van der Waals surface area contributed by atoms with E-state index in [2.05, 4.69) is 0 Å². The highest BCUT2D eigenvalue weighted by Gasteiger charge is 2.74.